The zero-order valence-electron chi connectivity index (χ0n) is 8.54. The molecular weight excluding hydrogens is 210 g/mol. The van der Waals surface area contributed by atoms with Crippen LogP contribution in [0.1, 0.15) is 23.7 Å². The lowest BCUT2D eigenvalue weighted by atomic mass is 10.0. The first-order valence-corrected chi connectivity index (χ1v) is 4.72. The van der Waals surface area contributed by atoms with Gasteiger partial charge in [0.15, 0.2) is 0 Å². The molecule has 0 aliphatic heterocycles. The van der Waals surface area contributed by atoms with E-state index >= 15 is 0 Å². The Bertz CT molecular complexity index is 403. The minimum absolute atomic E-state index is 0.0490. The molecule has 0 radical (unpaired) electrons. The monoisotopic (exact) mass is 223 g/mol. The predicted molar refractivity (Wildman–Crippen MR) is 56.0 cm³/mol. The maximum absolute atomic E-state index is 9.68. The summed E-state index contributed by atoms with van der Waals surface area (Å²) >= 11 is 0. The molecule has 1 aromatic rings. The van der Waals surface area contributed by atoms with Crippen LogP contribution in [0.15, 0.2) is 12.3 Å². The summed E-state index contributed by atoms with van der Waals surface area (Å²) in [6, 6.07) is 3.20. The largest absolute Gasteiger partial charge is 0.396 e. The van der Waals surface area contributed by atoms with E-state index in [1.165, 1.54) is 12.3 Å². The molecule has 1 heterocycles. The molecule has 5 N–H and O–H groups in total. The van der Waals surface area contributed by atoms with Crippen LogP contribution in [0.4, 0.5) is 5.82 Å². The number of nitriles is 1. The van der Waals surface area contributed by atoms with E-state index in [9.17, 15) is 10.2 Å². The molecule has 16 heavy (non-hydrogen) atoms. The Morgan fingerprint density at radius 3 is 2.75 bits per heavy atom. The van der Waals surface area contributed by atoms with Crippen LogP contribution in [-0.2, 0) is 0 Å². The number of hydrogen-bond acceptors (Lipinski definition) is 6. The fraction of sp³-hybridized carbons (Fsp3) is 0.400. The van der Waals surface area contributed by atoms with Gasteiger partial charge in [-0.25, -0.2) is 4.98 Å². The molecule has 0 fully saturated rings. The zero-order valence-corrected chi connectivity index (χ0v) is 8.54. The minimum Gasteiger partial charge on any atom is -0.396 e. The number of aliphatic hydroxyl groups is 3. The topological polar surface area (TPSA) is 123 Å². The third-order valence-corrected chi connectivity index (χ3v) is 2.19. The second-order valence-corrected chi connectivity index (χ2v) is 3.34. The van der Waals surface area contributed by atoms with Crippen LogP contribution < -0.4 is 5.73 Å². The third-order valence-electron chi connectivity index (χ3n) is 2.19. The van der Waals surface area contributed by atoms with Crippen LogP contribution in [0.5, 0.6) is 0 Å². The van der Waals surface area contributed by atoms with Crippen LogP contribution >= 0.6 is 0 Å². The van der Waals surface area contributed by atoms with Crippen LogP contribution in [0.25, 0.3) is 0 Å². The van der Waals surface area contributed by atoms with Crippen molar-refractivity contribution in [3.63, 3.8) is 0 Å². The summed E-state index contributed by atoms with van der Waals surface area (Å²) in [6.07, 6.45) is -0.941. The van der Waals surface area contributed by atoms with Gasteiger partial charge < -0.3 is 21.1 Å². The van der Waals surface area contributed by atoms with Gasteiger partial charge in [0, 0.05) is 18.4 Å². The second kappa shape index (κ2) is 5.42. The Morgan fingerprint density at radius 1 is 1.50 bits per heavy atom. The Balaban J connectivity index is 2.92. The molecule has 0 spiro atoms. The number of nitrogens with two attached hydrogens (primary N) is 1. The SMILES string of the molecule is N#Cc1cc(C(O)C(O)CCO)cnc1N. The van der Waals surface area contributed by atoms with Gasteiger partial charge in [-0.3, -0.25) is 0 Å². The van der Waals surface area contributed by atoms with Gasteiger partial charge in [-0.2, -0.15) is 5.26 Å². The first-order valence-electron chi connectivity index (χ1n) is 4.72. The predicted octanol–water partition coefficient (Wildman–Crippen LogP) is -0.688. The Kier molecular flexibility index (Phi) is 4.19. The molecule has 0 bridgehead atoms. The zero-order chi connectivity index (χ0) is 12.1. The van der Waals surface area contributed by atoms with Crippen molar-refractivity contribution in [2.24, 2.45) is 0 Å². The fourth-order valence-corrected chi connectivity index (χ4v) is 1.26. The van der Waals surface area contributed by atoms with Crippen LogP contribution in [0, 0.1) is 11.3 Å². The number of aliphatic hydroxyl groups excluding tert-OH is 3. The smallest absolute Gasteiger partial charge is 0.141 e. The quantitative estimate of drug-likeness (QED) is 0.535. The normalized spacial score (nSPS) is 14.1. The molecule has 0 saturated heterocycles. The van der Waals surface area contributed by atoms with E-state index in [4.69, 9.17) is 16.1 Å². The number of nitrogens with zero attached hydrogens (tertiary/aromatic N) is 2. The Morgan fingerprint density at radius 2 is 2.19 bits per heavy atom. The maximum atomic E-state index is 9.68. The van der Waals surface area contributed by atoms with E-state index in [0.717, 1.165) is 0 Å². The summed E-state index contributed by atoms with van der Waals surface area (Å²) in [6.45, 7) is -0.230. The number of rotatable bonds is 4. The second-order valence-electron chi connectivity index (χ2n) is 3.34. The number of aromatic nitrogens is 1. The van der Waals surface area contributed by atoms with Crippen LogP contribution in [0.3, 0.4) is 0 Å². The fourth-order valence-electron chi connectivity index (χ4n) is 1.26. The van der Waals surface area contributed by atoms with E-state index in [-0.39, 0.29) is 24.4 Å². The van der Waals surface area contributed by atoms with Gasteiger partial charge in [0.25, 0.3) is 0 Å². The van der Waals surface area contributed by atoms with Crippen molar-refractivity contribution in [1.29, 1.82) is 5.26 Å². The molecule has 0 aliphatic rings. The molecule has 0 saturated carbocycles. The maximum Gasteiger partial charge on any atom is 0.141 e. The highest BCUT2D eigenvalue weighted by atomic mass is 16.3. The summed E-state index contributed by atoms with van der Waals surface area (Å²) < 4.78 is 0. The average Bonchev–Trinajstić information content (AvgIpc) is 2.29. The summed E-state index contributed by atoms with van der Waals surface area (Å²) in [5, 5.41) is 36.5. The standard InChI is InChI=1S/C10H13N3O3/c11-4-6-3-7(5-13-10(6)12)9(16)8(15)1-2-14/h3,5,8-9,14-16H,1-2H2,(H2,12,13). The molecule has 1 aromatic heterocycles. The highest BCUT2D eigenvalue weighted by Crippen LogP contribution is 2.20. The third kappa shape index (κ3) is 2.67. The van der Waals surface area contributed by atoms with Crippen molar-refractivity contribution in [2.45, 2.75) is 18.6 Å². The first-order chi connectivity index (χ1) is 7.60. The van der Waals surface area contributed by atoms with Gasteiger partial charge >= 0.3 is 0 Å². The number of hydrogen-bond donors (Lipinski definition) is 4. The molecular formula is C10H13N3O3. The molecule has 6 nitrogen and oxygen atoms in total. The van der Waals surface area contributed by atoms with Crippen LogP contribution in [-0.4, -0.2) is 33.0 Å². The molecule has 0 aliphatic carbocycles. The van der Waals surface area contributed by atoms with Crippen molar-refractivity contribution < 1.29 is 15.3 Å². The molecule has 2 unspecified atom stereocenters. The van der Waals surface area contributed by atoms with E-state index in [1.54, 1.807) is 0 Å². The lowest BCUT2D eigenvalue weighted by Crippen LogP contribution is -2.20. The van der Waals surface area contributed by atoms with E-state index in [1.807, 2.05) is 6.07 Å². The van der Waals surface area contributed by atoms with Gasteiger partial charge in [-0.05, 0) is 12.5 Å². The van der Waals surface area contributed by atoms with Gasteiger partial charge in [-0.15, -0.1) is 0 Å². The number of nitrogen functional groups attached to an aromatic ring is 1. The highest BCUT2D eigenvalue weighted by Gasteiger charge is 2.19. The average molecular weight is 223 g/mol. The van der Waals surface area contributed by atoms with Crippen molar-refractivity contribution >= 4 is 5.82 Å². The van der Waals surface area contributed by atoms with E-state index in [2.05, 4.69) is 4.98 Å². The molecule has 86 valence electrons. The van der Waals surface area contributed by atoms with Crippen LogP contribution in [0.2, 0.25) is 0 Å². The first kappa shape index (κ1) is 12.4. The van der Waals surface area contributed by atoms with Crippen molar-refractivity contribution in [1.82, 2.24) is 4.98 Å². The van der Waals surface area contributed by atoms with E-state index in [0.29, 0.717) is 5.56 Å². The molecule has 2 atom stereocenters. The van der Waals surface area contributed by atoms with Gasteiger partial charge in [0.2, 0.25) is 0 Å². The van der Waals surface area contributed by atoms with Gasteiger partial charge in [0.05, 0.1) is 11.7 Å². The molecule has 1 rings (SSSR count). The lowest BCUT2D eigenvalue weighted by Gasteiger charge is -2.17. The van der Waals surface area contributed by atoms with Gasteiger partial charge in [-0.1, -0.05) is 0 Å². The number of anilines is 1. The lowest BCUT2D eigenvalue weighted by molar-refractivity contribution is 0.00404. The summed E-state index contributed by atoms with van der Waals surface area (Å²) in [5.74, 6) is 0.0788. The summed E-state index contributed by atoms with van der Waals surface area (Å²) in [7, 11) is 0. The highest BCUT2D eigenvalue weighted by molar-refractivity contribution is 5.49. The summed E-state index contributed by atoms with van der Waals surface area (Å²) in [5.41, 5.74) is 5.86. The van der Waals surface area contributed by atoms with E-state index < -0.39 is 12.2 Å². The minimum atomic E-state index is -1.19. The van der Waals surface area contributed by atoms with Crippen molar-refractivity contribution in [3.8, 4) is 6.07 Å². The number of pyridine rings is 1. The van der Waals surface area contributed by atoms with Crippen molar-refractivity contribution in [2.75, 3.05) is 12.3 Å². The molecule has 6 heteroatoms. The summed E-state index contributed by atoms with van der Waals surface area (Å²) in [4.78, 5) is 3.74. The van der Waals surface area contributed by atoms with Crippen molar-refractivity contribution in [3.05, 3.63) is 23.4 Å². The molecule has 0 amide bonds. The Labute approximate surface area is 92.6 Å². The Hall–Kier alpha value is -1.68. The molecule has 0 aromatic carbocycles. The van der Waals surface area contributed by atoms with Gasteiger partial charge in [0.1, 0.15) is 18.0 Å².